The summed E-state index contributed by atoms with van der Waals surface area (Å²) in [5.41, 5.74) is 2.17. The van der Waals surface area contributed by atoms with Gasteiger partial charge in [-0.1, -0.05) is 39.0 Å². The molecule has 1 fully saturated rings. The smallest absolute Gasteiger partial charge is 0.136 e. The SMILES string of the molecule is COCc1cc(N2CCCN(c3ccccc3)CC2)nc(C(C)(C)C)n1. The summed E-state index contributed by atoms with van der Waals surface area (Å²) in [4.78, 5) is 14.4. The van der Waals surface area contributed by atoms with Crippen LogP contribution in [0.2, 0.25) is 0 Å². The van der Waals surface area contributed by atoms with Gasteiger partial charge in [-0.3, -0.25) is 0 Å². The van der Waals surface area contributed by atoms with Crippen LogP contribution in [-0.2, 0) is 16.8 Å². The van der Waals surface area contributed by atoms with E-state index >= 15 is 0 Å². The van der Waals surface area contributed by atoms with E-state index < -0.39 is 0 Å². The monoisotopic (exact) mass is 354 g/mol. The van der Waals surface area contributed by atoms with Gasteiger partial charge in [-0.15, -0.1) is 0 Å². The molecule has 0 amide bonds. The molecule has 5 nitrogen and oxygen atoms in total. The normalized spacial score (nSPS) is 15.8. The second kappa shape index (κ2) is 8.04. The highest BCUT2D eigenvalue weighted by atomic mass is 16.5. The Morgan fingerprint density at radius 3 is 2.35 bits per heavy atom. The van der Waals surface area contributed by atoms with Crippen molar-refractivity contribution in [2.45, 2.75) is 39.2 Å². The number of aromatic nitrogens is 2. The first-order chi connectivity index (χ1) is 12.5. The van der Waals surface area contributed by atoms with Gasteiger partial charge in [0.1, 0.15) is 11.6 Å². The van der Waals surface area contributed by atoms with Crippen LogP contribution < -0.4 is 9.80 Å². The molecule has 0 bridgehead atoms. The van der Waals surface area contributed by atoms with Crippen LogP contribution in [0.4, 0.5) is 11.5 Å². The average molecular weight is 354 g/mol. The topological polar surface area (TPSA) is 41.5 Å². The number of ether oxygens (including phenoxy) is 1. The maximum Gasteiger partial charge on any atom is 0.136 e. The molecule has 2 aromatic rings. The van der Waals surface area contributed by atoms with Crippen molar-refractivity contribution in [2.24, 2.45) is 0 Å². The summed E-state index contributed by atoms with van der Waals surface area (Å²) >= 11 is 0. The molecule has 2 heterocycles. The number of nitrogens with zero attached hydrogens (tertiary/aromatic N) is 4. The first kappa shape index (κ1) is 18.6. The Balaban J connectivity index is 1.81. The minimum atomic E-state index is -0.0829. The van der Waals surface area contributed by atoms with Gasteiger partial charge in [0.15, 0.2) is 0 Å². The first-order valence-corrected chi connectivity index (χ1v) is 9.40. The van der Waals surface area contributed by atoms with Crippen molar-refractivity contribution in [3.05, 3.63) is 47.9 Å². The lowest BCUT2D eigenvalue weighted by Crippen LogP contribution is -2.32. The molecular weight excluding hydrogens is 324 g/mol. The second-order valence-corrected chi connectivity index (χ2v) is 7.89. The van der Waals surface area contributed by atoms with Crippen LogP contribution in [0.25, 0.3) is 0 Å². The van der Waals surface area contributed by atoms with Crippen LogP contribution in [0.5, 0.6) is 0 Å². The van der Waals surface area contributed by atoms with Gasteiger partial charge in [-0.2, -0.15) is 0 Å². The Morgan fingerprint density at radius 2 is 1.65 bits per heavy atom. The van der Waals surface area contributed by atoms with Gasteiger partial charge >= 0.3 is 0 Å². The van der Waals surface area contributed by atoms with Crippen LogP contribution in [0.1, 0.15) is 38.7 Å². The summed E-state index contributed by atoms with van der Waals surface area (Å²) in [6.07, 6.45) is 1.11. The summed E-state index contributed by atoms with van der Waals surface area (Å²) in [7, 11) is 1.71. The summed E-state index contributed by atoms with van der Waals surface area (Å²) in [5.74, 6) is 1.90. The maximum atomic E-state index is 5.32. The number of benzene rings is 1. The molecular formula is C21H30N4O. The van der Waals surface area contributed by atoms with Gasteiger partial charge in [0.05, 0.1) is 12.3 Å². The fourth-order valence-electron chi connectivity index (χ4n) is 3.25. The Morgan fingerprint density at radius 1 is 0.962 bits per heavy atom. The van der Waals surface area contributed by atoms with E-state index in [1.807, 2.05) is 0 Å². The van der Waals surface area contributed by atoms with Crippen LogP contribution in [-0.4, -0.2) is 43.3 Å². The summed E-state index contributed by atoms with van der Waals surface area (Å²) in [5, 5.41) is 0. The molecule has 0 spiro atoms. The Bertz CT molecular complexity index is 712. The van der Waals surface area contributed by atoms with Gasteiger partial charge in [-0.05, 0) is 18.6 Å². The lowest BCUT2D eigenvalue weighted by molar-refractivity contribution is 0.181. The minimum absolute atomic E-state index is 0.0829. The minimum Gasteiger partial charge on any atom is -0.378 e. The van der Waals surface area contributed by atoms with Crippen molar-refractivity contribution in [1.82, 2.24) is 9.97 Å². The Kier molecular flexibility index (Phi) is 5.77. The summed E-state index contributed by atoms with van der Waals surface area (Å²) in [6.45, 7) is 11.0. The molecule has 0 unspecified atom stereocenters. The third-order valence-electron chi connectivity index (χ3n) is 4.67. The fourth-order valence-corrected chi connectivity index (χ4v) is 3.25. The van der Waals surface area contributed by atoms with E-state index in [0.29, 0.717) is 6.61 Å². The molecule has 0 radical (unpaired) electrons. The third kappa shape index (κ3) is 4.52. The molecule has 0 N–H and O–H groups in total. The highest BCUT2D eigenvalue weighted by Gasteiger charge is 2.22. The van der Waals surface area contributed by atoms with Crippen LogP contribution in [0.15, 0.2) is 36.4 Å². The largest absolute Gasteiger partial charge is 0.378 e. The maximum absolute atomic E-state index is 5.32. The van der Waals surface area contributed by atoms with Crippen molar-refractivity contribution in [3.63, 3.8) is 0 Å². The molecule has 3 rings (SSSR count). The summed E-state index contributed by atoms with van der Waals surface area (Å²) in [6, 6.07) is 12.7. The zero-order valence-electron chi connectivity index (χ0n) is 16.4. The number of rotatable bonds is 4. The molecule has 0 saturated carbocycles. The van der Waals surface area contributed by atoms with E-state index in [0.717, 1.165) is 49.9 Å². The highest BCUT2D eigenvalue weighted by Crippen LogP contribution is 2.24. The standard InChI is InChI=1S/C21H30N4O/c1-21(2,3)20-22-17(16-26-4)15-19(23-20)25-12-8-11-24(13-14-25)18-9-6-5-7-10-18/h5-7,9-10,15H,8,11-14,16H2,1-4H3. The zero-order chi connectivity index (χ0) is 18.6. The lowest BCUT2D eigenvalue weighted by Gasteiger charge is -2.26. The molecule has 140 valence electrons. The molecule has 1 aliphatic rings. The average Bonchev–Trinajstić information content (AvgIpc) is 2.88. The predicted octanol–water partition coefficient (Wildman–Crippen LogP) is 3.64. The van der Waals surface area contributed by atoms with Crippen molar-refractivity contribution >= 4 is 11.5 Å². The first-order valence-electron chi connectivity index (χ1n) is 9.40. The van der Waals surface area contributed by atoms with E-state index in [1.165, 1.54) is 5.69 Å². The van der Waals surface area contributed by atoms with Gasteiger partial charge in [0, 0.05) is 50.5 Å². The number of methoxy groups -OCH3 is 1. The van der Waals surface area contributed by atoms with Crippen LogP contribution in [0.3, 0.4) is 0 Å². The van der Waals surface area contributed by atoms with Crippen molar-refractivity contribution in [1.29, 1.82) is 0 Å². The molecule has 26 heavy (non-hydrogen) atoms. The number of para-hydroxylation sites is 1. The van der Waals surface area contributed by atoms with Crippen molar-refractivity contribution < 1.29 is 4.74 Å². The fraction of sp³-hybridized carbons (Fsp3) is 0.524. The van der Waals surface area contributed by atoms with Gasteiger partial charge in [-0.25, -0.2) is 9.97 Å². The van der Waals surface area contributed by atoms with Gasteiger partial charge < -0.3 is 14.5 Å². The van der Waals surface area contributed by atoms with E-state index in [4.69, 9.17) is 14.7 Å². The second-order valence-electron chi connectivity index (χ2n) is 7.89. The van der Waals surface area contributed by atoms with Gasteiger partial charge in [0.25, 0.3) is 0 Å². The number of anilines is 2. The molecule has 1 aliphatic heterocycles. The van der Waals surface area contributed by atoms with E-state index in [-0.39, 0.29) is 5.41 Å². The molecule has 0 atom stereocenters. The Labute approximate surface area is 157 Å². The zero-order valence-corrected chi connectivity index (χ0v) is 16.4. The molecule has 1 aromatic heterocycles. The molecule has 5 heteroatoms. The number of hydrogen-bond donors (Lipinski definition) is 0. The highest BCUT2D eigenvalue weighted by molar-refractivity contribution is 5.48. The summed E-state index contributed by atoms with van der Waals surface area (Å²) < 4.78 is 5.32. The van der Waals surface area contributed by atoms with Gasteiger partial charge in [0.2, 0.25) is 0 Å². The third-order valence-corrected chi connectivity index (χ3v) is 4.67. The van der Waals surface area contributed by atoms with E-state index in [1.54, 1.807) is 7.11 Å². The Hall–Kier alpha value is -2.14. The molecule has 1 aromatic carbocycles. The predicted molar refractivity (Wildman–Crippen MR) is 107 cm³/mol. The van der Waals surface area contributed by atoms with Crippen LogP contribution in [0, 0.1) is 0 Å². The quantitative estimate of drug-likeness (QED) is 0.838. The van der Waals surface area contributed by atoms with Crippen LogP contribution >= 0.6 is 0 Å². The molecule has 1 saturated heterocycles. The van der Waals surface area contributed by atoms with E-state index in [9.17, 15) is 0 Å². The lowest BCUT2D eigenvalue weighted by atomic mass is 9.95. The number of hydrogen-bond acceptors (Lipinski definition) is 5. The van der Waals surface area contributed by atoms with Crippen molar-refractivity contribution in [2.75, 3.05) is 43.1 Å². The van der Waals surface area contributed by atoms with E-state index in [2.05, 4.69) is 67.0 Å². The van der Waals surface area contributed by atoms with Crippen molar-refractivity contribution in [3.8, 4) is 0 Å². The molecule has 0 aliphatic carbocycles.